The fourth-order valence-electron chi connectivity index (χ4n) is 1.82. The van der Waals surface area contributed by atoms with Crippen molar-refractivity contribution < 1.29 is 4.79 Å². The Morgan fingerprint density at radius 2 is 2.10 bits per heavy atom. The summed E-state index contributed by atoms with van der Waals surface area (Å²) in [5, 5.41) is 6.21. The molecule has 0 aliphatic heterocycles. The molecule has 0 spiro atoms. The number of rotatable bonds is 8. The molecule has 0 aromatic carbocycles. The molecule has 0 aliphatic carbocycles. The van der Waals surface area contributed by atoms with Crippen molar-refractivity contribution in [2.45, 2.75) is 46.1 Å². The molecular weight excluding hydrogens is 284 g/mol. The van der Waals surface area contributed by atoms with Gasteiger partial charge in [-0.05, 0) is 19.6 Å². The van der Waals surface area contributed by atoms with Crippen molar-refractivity contribution in [2.75, 3.05) is 23.9 Å². The van der Waals surface area contributed by atoms with Gasteiger partial charge in [-0.15, -0.1) is 0 Å². The summed E-state index contributed by atoms with van der Waals surface area (Å²) in [4.78, 5) is 21.2. The van der Waals surface area contributed by atoms with Gasteiger partial charge in [0.2, 0.25) is 0 Å². The van der Waals surface area contributed by atoms with E-state index in [2.05, 4.69) is 27.5 Å². The summed E-state index contributed by atoms with van der Waals surface area (Å²) in [5.41, 5.74) is 1.14. The standard InChI is InChI=1S/C15H26N4OS/c1-6-7-16-12-8-17-14(10(2)3)19-13(12)15(20)18-11(4)9-21-5/h8,10-11,16H,6-7,9H2,1-5H3,(H,18,20). The molecule has 1 unspecified atom stereocenters. The predicted molar refractivity (Wildman–Crippen MR) is 90.2 cm³/mol. The molecule has 6 heteroatoms. The Morgan fingerprint density at radius 1 is 1.38 bits per heavy atom. The molecule has 21 heavy (non-hydrogen) atoms. The first kappa shape index (κ1) is 17.8. The van der Waals surface area contributed by atoms with Gasteiger partial charge in [0.25, 0.3) is 5.91 Å². The molecule has 1 rings (SSSR count). The van der Waals surface area contributed by atoms with Crippen LogP contribution in [0.2, 0.25) is 0 Å². The molecule has 1 atom stereocenters. The van der Waals surface area contributed by atoms with Gasteiger partial charge in [-0.25, -0.2) is 9.97 Å². The van der Waals surface area contributed by atoms with Crippen LogP contribution in [0.1, 0.15) is 56.3 Å². The highest BCUT2D eigenvalue weighted by atomic mass is 32.2. The molecule has 0 saturated heterocycles. The topological polar surface area (TPSA) is 66.9 Å². The number of hydrogen-bond acceptors (Lipinski definition) is 5. The third kappa shape index (κ3) is 5.53. The van der Waals surface area contributed by atoms with Crippen LogP contribution in [0.25, 0.3) is 0 Å². The van der Waals surface area contributed by atoms with E-state index in [1.165, 1.54) is 0 Å². The zero-order chi connectivity index (χ0) is 15.8. The van der Waals surface area contributed by atoms with Crippen molar-refractivity contribution in [3.05, 3.63) is 17.7 Å². The first-order chi connectivity index (χ1) is 9.99. The van der Waals surface area contributed by atoms with Gasteiger partial charge in [-0.3, -0.25) is 4.79 Å². The summed E-state index contributed by atoms with van der Waals surface area (Å²) in [7, 11) is 0. The molecule has 0 radical (unpaired) electrons. The van der Waals surface area contributed by atoms with Crippen LogP contribution < -0.4 is 10.6 Å². The van der Waals surface area contributed by atoms with E-state index in [1.807, 2.05) is 27.0 Å². The van der Waals surface area contributed by atoms with Gasteiger partial charge in [0, 0.05) is 24.3 Å². The Hall–Kier alpha value is -1.30. The van der Waals surface area contributed by atoms with Gasteiger partial charge in [0.15, 0.2) is 5.69 Å². The van der Waals surface area contributed by atoms with Crippen molar-refractivity contribution in [1.29, 1.82) is 0 Å². The number of anilines is 1. The largest absolute Gasteiger partial charge is 0.382 e. The van der Waals surface area contributed by atoms with E-state index in [0.29, 0.717) is 17.2 Å². The second-order valence-corrected chi connectivity index (χ2v) is 6.31. The summed E-state index contributed by atoms with van der Waals surface area (Å²) in [6, 6.07) is 0.115. The van der Waals surface area contributed by atoms with Crippen molar-refractivity contribution in [3.63, 3.8) is 0 Å². The Bertz CT molecular complexity index is 465. The van der Waals surface area contributed by atoms with Crippen LogP contribution >= 0.6 is 11.8 Å². The fraction of sp³-hybridized carbons (Fsp3) is 0.667. The van der Waals surface area contributed by atoms with E-state index < -0.39 is 0 Å². The van der Waals surface area contributed by atoms with Gasteiger partial charge >= 0.3 is 0 Å². The molecule has 5 nitrogen and oxygen atoms in total. The number of carbonyl (C=O) groups is 1. The van der Waals surface area contributed by atoms with Crippen molar-refractivity contribution >= 4 is 23.4 Å². The molecule has 1 amide bonds. The molecule has 1 aromatic rings. The van der Waals surface area contributed by atoms with Crippen LogP contribution in [-0.2, 0) is 0 Å². The Kier molecular flexibility index (Phi) is 7.50. The number of thioether (sulfide) groups is 1. The van der Waals surface area contributed by atoms with E-state index >= 15 is 0 Å². The van der Waals surface area contributed by atoms with Gasteiger partial charge in [0.1, 0.15) is 5.82 Å². The minimum absolute atomic E-state index is 0.115. The summed E-state index contributed by atoms with van der Waals surface area (Å²) in [6.07, 6.45) is 4.72. The lowest BCUT2D eigenvalue weighted by Crippen LogP contribution is -2.35. The molecule has 1 aromatic heterocycles. The van der Waals surface area contributed by atoms with Gasteiger partial charge in [-0.2, -0.15) is 11.8 Å². The van der Waals surface area contributed by atoms with Crippen molar-refractivity contribution in [1.82, 2.24) is 15.3 Å². The fourth-order valence-corrected chi connectivity index (χ4v) is 2.40. The number of amides is 1. The van der Waals surface area contributed by atoms with Crippen LogP contribution in [0.5, 0.6) is 0 Å². The maximum absolute atomic E-state index is 12.4. The molecule has 118 valence electrons. The molecule has 0 fully saturated rings. The minimum atomic E-state index is -0.139. The Morgan fingerprint density at radius 3 is 2.67 bits per heavy atom. The van der Waals surface area contributed by atoms with Gasteiger partial charge < -0.3 is 10.6 Å². The summed E-state index contributed by atoms with van der Waals surface area (Å²) >= 11 is 1.71. The number of nitrogens with zero attached hydrogens (tertiary/aromatic N) is 2. The molecule has 1 heterocycles. The van der Waals surface area contributed by atoms with E-state index in [9.17, 15) is 4.79 Å². The van der Waals surface area contributed by atoms with Crippen molar-refractivity contribution in [3.8, 4) is 0 Å². The predicted octanol–water partition coefficient (Wildman–Crippen LogP) is 2.90. The van der Waals surface area contributed by atoms with Crippen LogP contribution in [0.4, 0.5) is 5.69 Å². The maximum atomic E-state index is 12.4. The van der Waals surface area contributed by atoms with Crippen LogP contribution in [0.3, 0.4) is 0 Å². The molecular formula is C15H26N4OS. The average molecular weight is 310 g/mol. The highest BCUT2D eigenvalue weighted by molar-refractivity contribution is 7.98. The zero-order valence-electron chi connectivity index (χ0n) is 13.6. The number of carbonyl (C=O) groups excluding carboxylic acids is 1. The van der Waals surface area contributed by atoms with E-state index in [1.54, 1.807) is 18.0 Å². The smallest absolute Gasteiger partial charge is 0.272 e. The lowest BCUT2D eigenvalue weighted by molar-refractivity contribution is 0.0939. The van der Waals surface area contributed by atoms with E-state index in [4.69, 9.17) is 0 Å². The van der Waals surface area contributed by atoms with E-state index in [-0.39, 0.29) is 17.9 Å². The van der Waals surface area contributed by atoms with Crippen molar-refractivity contribution in [2.24, 2.45) is 0 Å². The summed E-state index contributed by atoms with van der Waals surface area (Å²) in [6.45, 7) is 8.92. The quantitative estimate of drug-likeness (QED) is 0.773. The number of hydrogen-bond donors (Lipinski definition) is 2. The highest BCUT2D eigenvalue weighted by Gasteiger charge is 2.18. The normalized spacial score (nSPS) is 12.3. The molecule has 2 N–H and O–H groups in total. The molecule has 0 bridgehead atoms. The summed E-state index contributed by atoms with van der Waals surface area (Å²) < 4.78 is 0. The van der Waals surface area contributed by atoms with Gasteiger partial charge in [-0.1, -0.05) is 20.8 Å². The maximum Gasteiger partial charge on any atom is 0.272 e. The second-order valence-electron chi connectivity index (χ2n) is 5.40. The Labute approximate surface area is 131 Å². The highest BCUT2D eigenvalue weighted by Crippen LogP contribution is 2.16. The van der Waals surface area contributed by atoms with Crippen LogP contribution in [0, 0.1) is 0 Å². The molecule has 0 aliphatic rings. The van der Waals surface area contributed by atoms with E-state index in [0.717, 1.165) is 18.7 Å². The second kappa shape index (κ2) is 8.87. The van der Waals surface area contributed by atoms with Gasteiger partial charge in [0.05, 0.1) is 11.9 Å². The number of aromatic nitrogens is 2. The summed E-state index contributed by atoms with van der Waals surface area (Å²) in [5.74, 6) is 1.63. The minimum Gasteiger partial charge on any atom is -0.382 e. The zero-order valence-corrected chi connectivity index (χ0v) is 14.4. The lowest BCUT2D eigenvalue weighted by Gasteiger charge is -2.16. The molecule has 0 saturated carbocycles. The average Bonchev–Trinajstić information content (AvgIpc) is 2.44. The first-order valence-electron chi connectivity index (χ1n) is 7.40. The SMILES string of the molecule is CCCNc1cnc(C(C)C)nc1C(=O)NC(C)CSC. The first-order valence-corrected chi connectivity index (χ1v) is 8.79. The third-order valence-corrected chi connectivity index (χ3v) is 3.73. The monoisotopic (exact) mass is 310 g/mol. The number of nitrogens with one attached hydrogen (secondary N) is 2. The Balaban J connectivity index is 2.98. The van der Waals surface area contributed by atoms with Crippen LogP contribution in [-0.4, -0.2) is 40.5 Å². The third-order valence-electron chi connectivity index (χ3n) is 2.90. The van der Waals surface area contributed by atoms with Crippen LogP contribution in [0.15, 0.2) is 6.20 Å². The lowest BCUT2D eigenvalue weighted by atomic mass is 10.2.